The Morgan fingerprint density at radius 2 is 1.61 bits per heavy atom. The summed E-state index contributed by atoms with van der Waals surface area (Å²) in [6.45, 7) is 0. The first-order valence-electron chi connectivity index (χ1n) is 7.22. The number of nitrogen functional groups attached to an aromatic ring is 1. The van der Waals surface area contributed by atoms with Gasteiger partial charge < -0.3 is 10.5 Å². The maximum atomic E-state index is 6.02. The number of ether oxygens (including phenoxy) is 1. The highest BCUT2D eigenvalue weighted by atomic mass is 16.5. The predicted molar refractivity (Wildman–Crippen MR) is 90.3 cm³/mol. The van der Waals surface area contributed by atoms with Gasteiger partial charge in [-0.25, -0.2) is 0 Å². The van der Waals surface area contributed by atoms with Crippen molar-refractivity contribution in [2.75, 3.05) is 5.73 Å². The van der Waals surface area contributed by atoms with Crippen LogP contribution < -0.4 is 10.5 Å². The van der Waals surface area contributed by atoms with Crippen LogP contribution >= 0.6 is 0 Å². The molecule has 2 heterocycles. The van der Waals surface area contributed by atoms with Crippen LogP contribution in [0.2, 0.25) is 0 Å². The zero-order valence-corrected chi connectivity index (χ0v) is 12.2. The molecular formula is C18H14N4O. The lowest BCUT2D eigenvalue weighted by Gasteiger charge is -2.06. The van der Waals surface area contributed by atoms with Gasteiger partial charge in [0.1, 0.15) is 17.2 Å². The summed E-state index contributed by atoms with van der Waals surface area (Å²) in [5.41, 5.74) is 9.23. The first-order valence-corrected chi connectivity index (χ1v) is 7.22. The van der Waals surface area contributed by atoms with Crippen LogP contribution in [0.15, 0.2) is 67.0 Å². The number of nitrogens with one attached hydrogen (secondary N) is 1. The molecule has 2 aromatic carbocycles. The van der Waals surface area contributed by atoms with Crippen molar-refractivity contribution in [3.05, 3.63) is 67.0 Å². The van der Waals surface area contributed by atoms with Crippen molar-refractivity contribution in [2.45, 2.75) is 0 Å². The van der Waals surface area contributed by atoms with Gasteiger partial charge in [-0.1, -0.05) is 18.2 Å². The van der Waals surface area contributed by atoms with Gasteiger partial charge in [0.05, 0.1) is 29.0 Å². The van der Waals surface area contributed by atoms with Crippen LogP contribution in [0.5, 0.6) is 11.5 Å². The van der Waals surface area contributed by atoms with Crippen LogP contribution in [0.25, 0.3) is 22.2 Å². The van der Waals surface area contributed by atoms with Gasteiger partial charge in [0.25, 0.3) is 0 Å². The van der Waals surface area contributed by atoms with Gasteiger partial charge in [0.15, 0.2) is 0 Å². The molecule has 23 heavy (non-hydrogen) atoms. The number of pyridine rings is 1. The van der Waals surface area contributed by atoms with E-state index < -0.39 is 0 Å². The molecule has 0 aliphatic carbocycles. The van der Waals surface area contributed by atoms with Crippen molar-refractivity contribution in [3.8, 4) is 22.8 Å². The number of nitrogens with zero attached hydrogens (tertiary/aromatic N) is 2. The number of anilines is 1. The Kier molecular flexibility index (Phi) is 3.16. The summed E-state index contributed by atoms with van der Waals surface area (Å²) < 4.78 is 5.80. The zero-order chi connectivity index (χ0) is 15.6. The van der Waals surface area contributed by atoms with Crippen molar-refractivity contribution in [2.24, 2.45) is 0 Å². The highest BCUT2D eigenvalue weighted by Crippen LogP contribution is 2.31. The summed E-state index contributed by atoms with van der Waals surface area (Å²) in [6.07, 6.45) is 3.35. The van der Waals surface area contributed by atoms with E-state index in [0.717, 1.165) is 33.7 Å². The van der Waals surface area contributed by atoms with Crippen molar-refractivity contribution < 1.29 is 4.74 Å². The third-order valence-corrected chi connectivity index (χ3v) is 3.61. The monoisotopic (exact) mass is 302 g/mol. The largest absolute Gasteiger partial charge is 0.457 e. The Morgan fingerprint density at radius 3 is 2.39 bits per heavy atom. The normalized spacial score (nSPS) is 10.8. The smallest absolute Gasteiger partial charge is 0.127 e. The molecule has 0 saturated carbocycles. The predicted octanol–water partition coefficient (Wildman–Crippen LogP) is 4.00. The number of aromatic amines is 1. The molecule has 5 heteroatoms. The lowest BCUT2D eigenvalue weighted by Crippen LogP contribution is -1.89. The van der Waals surface area contributed by atoms with E-state index in [1.807, 2.05) is 54.6 Å². The standard InChI is InChI=1S/C18H14N4O/c19-15-10-20-11-16-17(15)18(22-21-16)12-6-8-14(9-7-12)23-13-4-2-1-3-5-13/h1-11H,19H2,(H,21,22). The Hall–Kier alpha value is -3.34. The SMILES string of the molecule is Nc1cncc2[nH]nc(-c3ccc(Oc4ccccc4)cc3)c12. The molecule has 0 fully saturated rings. The van der Waals surface area contributed by atoms with Crippen molar-refractivity contribution in [3.63, 3.8) is 0 Å². The van der Waals surface area contributed by atoms with E-state index in [2.05, 4.69) is 15.2 Å². The number of hydrogen-bond donors (Lipinski definition) is 2. The summed E-state index contributed by atoms with van der Waals surface area (Å²) in [6, 6.07) is 17.4. The number of H-pyrrole nitrogens is 1. The van der Waals surface area contributed by atoms with E-state index in [9.17, 15) is 0 Å². The Bertz CT molecular complexity index is 946. The van der Waals surface area contributed by atoms with Crippen LogP contribution in [-0.4, -0.2) is 15.2 Å². The fourth-order valence-corrected chi connectivity index (χ4v) is 2.51. The number of hydrogen-bond acceptors (Lipinski definition) is 4. The van der Waals surface area contributed by atoms with Gasteiger partial charge in [-0.3, -0.25) is 10.1 Å². The molecule has 4 aromatic rings. The van der Waals surface area contributed by atoms with Crippen molar-refractivity contribution in [1.82, 2.24) is 15.2 Å². The van der Waals surface area contributed by atoms with Crippen LogP contribution in [0.4, 0.5) is 5.69 Å². The van der Waals surface area contributed by atoms with E-state index in [1.165, 1.54) is 0 Å². The van der Waals surface area contributed by atoms with Crippen LogP contribution in [0, 0.1) is 0 Å². The van der Waals surface area contributed by atoms with Gasteiger partial charge in [-0.05, 0) is 36.4 Å². The molecule has 5 nitrogen and oxygen atoms in total. The molecule has 0 spiro atoms. The molecule has 112 valence electrons. The summed E-state index contributed by atoms with van der Waals surface area (Å²) in [5, 5.41) is 8.20. The third-order valence-electron chi connectivity index (χ3n) is 3.61. The number of benzene rings is 2. The molecule has 0 unspecified atom stereocenters. The van der Waals surface area contributed by atoms with Crippen LogP contribution in [0.3, 0.4) is 0 Å². The zero-order valence-electron chi connectivity index (χ0n) is 12.2. The van der Waals surface area contributed by atoms with E-state index in [-0.39, 0.29) is 0 Å². The molecule has 0 atom stereocenters. The number of nitrogens with two attached hydrogens (primary N) is 1. The molecule has 0 radical (unpaired) electrons. The molecule has 0 saturated heterocycles. The first kappa shape index (κ1) is 13.3. The highest BCUT2D eigenvalue weighted by molar-refractivity contribution is 6.00. The molecule has 3 N–H and O–H groups in total. The number of rotatable bonds is 3. The minimum absolute atomic E-state index is 0.607. The van der Waals surface area contributed by atoms with Gasteiger partial charge >= 0.3 is 0 Å². The van der Waals surface area contributed by atoms with Crippen LogP contribution in [0.1, 0.15) is 0 Å². The Balaban J connectivity index is 1.67. The van der Waals surface area contributed by atoms with E-state index in [1.54, 1.807) is 12.4 Å². The maximum absolute atomic E-state index is 6.02. The summed E-state index contributed by atoms with van der Waals surface area (Å²) >= 11 is 0. The first-order chi connectivity index (χ1) is 11.3. The lowest BCUT2D eigenvalue weighted by atomic mass is 10.1. The summed E-state index contributed by atoms with van der Waals surface area (Å²) in [7, 11) is 0. The second kappa shape index (κ2) is 5.46. The molecule has 2 aromatic heterocycles. The minimum Gasteiger partial charge on any atom is -0.457 e. The van der Waals surface area contributed by atoms with E-state index in [4.69, 9.17) is 10.5 Å². The van der Waals surface area contributed by atoms with Gasteiger partial charge in [-0.15, -0.1) is 0 Å². The summed E-state index contributed by atoms with van der Waals surface area (Å²) in [5.74, 6) is 1.58. The topological polar surface area (TPSA) is 76.8 Å². The number of fused-ring (bicyclic) bond motifs is 1. The van der Waals surface area contributed by atoms with Crippen LogP contribution in [-0.2, 0) is 0 Å². The second-order valence-electron chi connectivity index (χ2n) is 5.16. The third kappa shape index (κ3) is 2.48. The molecular weight excluding hydrogens is 288 g/mol. The molecule has 0 amide bonds. The molecule has 4 rings (SSSR count). The van der Waals surface area contributed by atoms with Crippen molar-refractivity contribution in [1.29, 1.82) is 0 Å². The lowest BCUT2D eigenvalue weighted by molar-refractivity contribution is 0.483. The Labute approximate surface area is 132 Å². The van der Waals surface area contributed by atoms with E-state index >= 15 is 0 Å². The maximum Gasteiger partial charge on any atom is 0.127 e. The Morgan fingerprint density at radius 1 is 0.870 bits per heavy atom. The fourth-order valence-electron chi connectivity index (χ4n) is 2.51. The highest BCUT2D eigenvalue weighted by Gasteiger charge is 2.11. The second-order valence-corrected chi connectivity index (χ2v) is 5.16. The van der Waals surface area contributed by atoms with Gasteiger partial charge in [0.2, 0.25) is 0 Å². The number of aromatic nitrogens is 3. The average molecular weight is 302 g/mol. The average Bonchev–Trinajstić information content (AvgIpc) is 3.02. The summed E-state index contributed by atoms with van der Waals surface area (Å²) in [4.78, 5) is 4.06. The minimum atomic E-state index is 0.607. The number of para-hydroxylation sites is 1. The fraction of sp³-hybridized carbons (Fsp3) is 0. The van der Waals surface area contributed by atoms with Gasteiger partial charge in [-0.2, -0.15) is 5.10 Å². The van der Waals surface area contributed by atoms with E-state index in [0.29, 0.717) is 5.69 Å². The molecule has 0 bridgehead atoms. The quantitative estimate of drug-likeness (QED) is 0.599. The molecule has 0 aliphatic rings. The van der Waals surface area contributed by atoms with Gasteiger partial charge in [0, 0.05) is 5.56 Å². The molecule has 0 aliphatic heterocycles. The van der Waals surface area contributed by atoms with Crippen molar-refractivity contribution >= 4 is 16.6 Å².